The lowest BCUT2D eigenvalue weighted by atomic mass is 10.0. The van der Waals surface area contributed by atoms with Crippen LogP contribution in [0.5, 0.6) is 0 Å². The molecular weight excluding hydrogens is 217 g/mol. The second-order valence-electron chi connectivity index (χ2n) is 4.36. The number of carbonyl (C=O) groups is 1. The lowest BCUT2D eigenvalue weighted by Crippen LogP contribution is -2.37. The van der Waals surface area contributed by atoms with E-state index in [1.165, 1.54) is 6.07 Å². The average molecular weight is 237 g/mol. The molecule has 94 valence electrons. The van der Waals surface area contributed by atoms with Crippen molar-refractivity contribution in [1.82, 2.24) is 4.90 Å². The first-order chi connectivity index (χ1) is 7.99. The molecule has 0 N–H and O–H groups in total. The number of hydrogen-bond donors (Lipinski definition) is 0. The standard InChI is InChI=1S/C14H20FNO/c1-5-14(17)11(3)16(4)10(2)12-8-6-7-9-13(12)15/h6-11H,5H2,1-4H3. The lowest BCUT2D eigenvalue weighted by Gasteiger charge is -2.30. The molecule has 0 bridgehead atoms. The van der Waals surface area contributed by atoms with Crippen molar-refractivity contribution in [3.05, 3.63) is 35.6 Å². The van der Waals surface area contributed by atoms with Crippen LogP contribution in [0.25, 0.3) is 0 Å². The quantitative estimate of drug-likeness (QED) is 0.784. The van der Waals surface area contributed by atoms with Crippen LogP contribution in [0.2, 0.25) is 0 Å². The van der Waals surface area contributed by atoms with Gasteiger partial charge in [-0.2, -0.15) is 0 Å². The Balaban J connectivity index is 2.87. The van der Waals surface area contributed by atoms with Gasteiger partial charge in [0, 0.05) is 18.0 Å². The molecule has 0 heterocycles. The van der Waals surface area contributed by atoms with Crippen molar-refractivity contribution < 1.29 is 9.18 Å². The molecule has 0 aromatic heterocycles. The molecule has 1 aromatic rings. The van der Waals surface area contributed by atoms with Gasteiger partial charge in [-0.3, -0.25) is 9.69 Å². The molecule has 0 saturated heterocycles. The number of Topliss-reactive ketones (excluding diaryl/α,β-unsaturated/α-hetero) is 1. The van der Waals surface area contributed by atoms with Gasteiger partial charge in [-0.1, -0.05) is 25.1 Å². The topological polar surface area (TPSA) is 20.3 Å². The van der Waals surface area contributed by atoms with Crippen LogP contribution < -0.4 is 0 Å². The molecule has 0 aliphatic carbocycles. The normalized spacial score (nSPS) is 14.7. The number of ketones is 1. The van der Waals surface area contributed by atoms with Gasteiger partial charge in [0.2, 0.25) is 0 Å². The van der Waals surface area contributed by atoms with Crippen LogP contribution >= 0.6 is 0 Å². The van der Waals surface area contributed by atoms with Gasteiger partial charge in [-0.15, -0.1) is 0 Å². The van der Waals surface area contributed by atoms with Crippen LogP contribution in [0.3, 0.4) is 0 Å². The zero-order chi connectivity index (χ0) is 13.0. The van der Waals surface area contributed by atoms with E-state index in [0.717, 1.165) is 0 Å². The second kappa shape index (κ2) is 5.92. The Morgan fingerprint density at radius 2 is 1.94 bits per heavy atom. The molecule has 2 nitrogen and oxygen atoms in total. The summed E-state index contributed by atoms with van der Waals surface area (Å²) in [6, 6.07) is 6.41. The number of benzene rings is 1. The fourth-order valence-corrected chi connectivity index (χ4v) is 1.89. The van der Waals surface area contributed by atoms with Gasteiger partial charge >= 0.3 is 0 Å². The molecule has 0 saturated carbocycles. The first kappa shape index (κ1) is 13.8. The van der Waals surface area contributed by atoms with E-state index in [0.29, 0.717) is 12.0 Å². The van der Waals surface area contributed by atoms with Crippen molar-refractivity contribution in [2.24, 2.45) is 0 Å². The number of rotatable bonds is 5. The van der Waals surface area contributed by atoms with E-state index in [1.54, 1.807) is 12.1 Å². The summed E-state index contributed by atoms with van der Waals surface area (Å²) in [5.41, 5.74) is 0.630. The first-order valence-electron chi connectivity index (χ1n) is 5.98. The molecule has 0 radical (unpaired) electrons. The van der Waals surface area contributed by atoms with Gasteiger partial charge in [0.05, 0.1) is 6.04 Å². The number of likely N-dealkylation sites (N-methyl/N-ethyl adjacent to an activating group) is 1. The van der Waals surface area contributed by atoms with Crippen LogP contribution in [0.15, 0.2) is 24.3 Å². The largest absolute Gasteiger partial charge is 0.298 e. The van der Waals surface area contributed by atoms with Crippen LogP contribution in [0.4, 0.5) is 4.39 Å². The molecule has 0 fully saturated rings. The van der Waals surface area contributed by atoms with Crippen LogP contribution in [0, 0.1) is 5.82 Å². The van der Waals surface area contributed by atoms with Crippen LogP contribution in [-0.4, -0.2) is 23.8 Å². The SMILES string of the molecule is CCC(=O)C(C)N(C)C(C)c1ccccc1F. The molecule has 0 amide bonds. The summed E-state index contributed by atoms with van der Waals surface area (Å²) in [5, 5.41) is 0. The Hall–Kier alpha value is -1.22. The molecule has 1 rings (SSSR count). The molecule has 0 aliphatic rings. The second-order valence-corrected chi connectivity index (χ2v) is 4.36. The van der Waals surface area contributed by atoms with Crippen LogP contribution in [-0.2, 0) is 4.79 Å². The molecule has 17 heavy (non-hydrogen) atoms. The first-order valence-corrected chi connectivity index (χ1v) is 5.98. The maximum absolute atomic E-state index is 13.6. The minimum absolute atomic E-state index is 0.110. The fourth-order valence-electron chi connectivity index (χ4n) is 1.89. The summed E-state index contributed by atoms with van der Waals surface area (Å²) in [5.74, 6) is -0.0429. The van der Waals surface area contributed by atoms with Gasteiger partial charge in [0.15, 0.2) is 0 Å². The van der Waals surface area contributed by atoms with E-state index >= 15 is 0 Å². The Kier molecular flexibility index (Phi) is 4.82. The number of nitrogens with zero attached hydrogens (tertiary/aromatic N) is 1. The van der Waals surface area contributed by atoms with Crippen molar-refractivity contribution in [2.75, 3.05) is 7.05 Å². The molecule has 2 atom stereocenters. The Bertz CT molecular complexity index is 392. The summed E-state index contributed by atoms with van der Waals surface area (Å²) in [7, 11) is 1.86. The Morgan fingerprint density at radius 3 is 2.47 bits per heavy atom. The predicted octanol–water partition coefficient (Wildman–Crippen LogP) is 3.19. The third-order valence-corrected chi connectivity index (χ3v) is 3.39. The van der Waals surface area contributed by atoms with E-state index in [2.05, 4.69) is 0 Å². The highest BCUT2D eigenvalue weighted by atomic mass is 19.1. The predicted molar refractivity (Wildman–Crippen MR) is 67.3 cm³/mol. The minimum Gasteiger partial charge on any atom is -0.298 e. The van der Waals surface area contributed by atoms with Gasteiger partial charge in [0.25, 0.3) is 0 Å². The van der Waals surface area contributed by atoms with E-state index in [4.69, 9.17) is 0 Å². The zero-order valence-electron chi connectivity index (χ0n) is 10.9. The van der Waals surface area contributed by atoms with Crippen molar-refractivity contribution in [1.29, 1.82) is 0 Å². The smallest absolute Gasteiger partial charge is 0.149 e. The third kappa shape index (κ3) is 3.13. The highest BCUT2D eigenvalue weighted by molar-refractivity contribution is 5.83. The van der Waals surface area contributed by atoms with E-state index in [9.17, 15) is 9.18 Å². The van der Waals surface area contributed by atoms with Crippen molar-refractivity contribution >= 4 is 5.78 Å². The molecule has 2 unspecified atom stereocenters. The van der Waals surface area contributed by atoms with E-state index in [1.807, 2.05) is 38.8 Å². The van der Waals surface area contributed by atoms with E-state index < -0.39 is 0 Å². The fraction of sp³-hybridized carbons (Fsp3) is 0.500. The maximum atomic E-state index is 13.6. The van der Waals surface area contributed by atoms with Gasteiger partial charge < -0.3 is 0 Å². The maximum Gasteiger partial charge on any atom is 0.149 e. The molecule has 0 spiro atoms. The van der Waals surface area contributed by atoms with Crippen molar-refractivity contribution in [2.45, 2.75) is 39.3 Å². The van der Waals surface area contributed by atoms with Crippen molar-refractivity contribution in [3.63, 3.8) is 0 Å². The lowest BCUT2D eigenvalue weighted by molar-refractivity contribution is -0.123. The van der Waals surface area contributed by atoms with Crippen molar-refractivity contribution in [3.8, 4) is 0 Å². The minimum atomic E-state index is -0.219. The highest BCUT2D eigenvalue weighted by Gasteiger charge is 2.23. The number of halogens is 1. The van der Waals surface area contributed by atoms with Gasteiger partial charge in [-0.05, 0) is 27.0 Å². The number of carbonyl (C=O) groups excluding carboxylic acids is 1. The molecule has 1 aromatic carbocycles. The molecule has 0 aliphatic heterocycles. The summed E-state index contributed by atoms with van der Waals surface area (Å²) in [6.45, 7) is 5.63. The van der Waals surface area contributed by atoms with Crippen LogP contribution in [0.1, 0.15) is 38.8 Å². The third-order valence-electron chi connectivity index (χ3n) is 3.39. The Morgan fingerprint density at radius 1 is 1.35 bits per heavy atom. The monoisotopic (exact) mass is 237 g/mol. The zero-order valence-corrected chi connectivity index (χ0v) is 10.9. The van der Waals surface area contributed by atoms with Gasteiger partial charge in [-0.25, -0.2) is 4.39 Å². The highest BCUT2D eigenvalue weighted by Crippen LogP contribution is 2.23. The Labute approximate surface area is 102 Å². The molecule has 3 heteroatoms. The van der Waals surface area contributed by atoms with E-state index in [-0.39, 0.29) is 23.7 Å². The summed E-state index contributed by atoms with van der Waals surface area (Å²) >= 11 is 0. The number of hydrogen-bond acceptors (Lipinski definition) is 2. The molecular formula is C14H20FNO. The average Bonchev–Trinajstić information content (AvgIpc) is 2.35. The summed E-state index contributed by atoms with van der Waals surface area (Å²) in [4.78, 5) is 13.5. The summed E-state index contributed by atoms with van der Waals surface area (Å²) < 4.78 is 13.6. The van der Waals surface area contributed by atoms with Gasteiger partial charge in [0.1, 0.15) is 11.6 Å². The summed E-state index contributed by atoms with van der Waals surface area (Å²) in [6.07, 6.45) is 0.509.